The highest BCUT2D eigenvalue weighted by Crippen LogP contribution is 2.38. The molecule has 0 aliphatic rings. The van der Waals surface area contributed by atoms with Crippen molar-refractivity contribution in [1.82, 2.24) is 9.97 Å². The number of carbonyl (C=O) groups is 2. The average Bonchev–Trinajstić information content (AvgIpc) is 2.80. The Kier molecular flexibility index (Phi) is 9.56. The van der Waals surface area contributed by atoms with Gasteiger partial charge in [0, 0.05) is 17.8 Å². The van der Waals surface area contributed by atoms with Crippen molar-refractivity contribution in [3.63, 3.8) is 0 Å². The van der Waals surface area contributed by atoms with Gasteiger partial charge in [-0.3, -0.25) is 4.79 Å². The lowest BCUT2D eigenvalue weighted by Gasteiger charge is -2.33. The van der Waals surface area contributed by atoms with E-state index in [4.69, 9.17) is 4.74 Å². The lowest BCUT2D eigenvalue weighted by molar-refractivity contribution is -0.120. The van der Waals surface area contributed by atoms with Crippen LogP contribution >= 0.6 is 0 Å². The van der Waals surface area contributed by atoms with Crippen LogP contribution in [-0.2, 0) is 9.53 Å². The molecule has 0 spiro atoms. The van der Waals surface area contributed by atoms with Gasteiger partial charge >= 0.3 is 5.97 Å². The molecule has 0 bridgehead atoms. The first-order valence-corrected chi connectivity index (χ1v) is 12.0. The molecule has 1 aromatic carbocycles. The third kappa shape index (κ3) is 6.62. The number of anilines is 1. The largest absolute Gasteiger partial charge is 0.462 e. The maximum Gasteiger partial charge on any atom is 0.338 e. The Labute approximate surface area is 198 Å². The Bertz CT molecular complexity index is 959. The number of rotatable bonds is 11. The molecule has 5 atom stereocenters. The van der Waals surface area contributed by atoms with Crippen molar-refractivity contribution >= 4 is 17.7 Å². The number of nitrogens with zero attached hydrogens (tertiary/aromatic N) is 2. The van der Waals surface area contributed by atoms with E-state index in [1.807, 2.05) is 32.0 Å². The van der Waals surface area contributed by atoms with E-state index < -0.39 is 0 Å². The summed E-state index contributed by atoms with van der Waals surface area (Å²) in [7, 11) is 0. The zero-order chi connectivity index (χ0) is 24.7. The van der Waals surface area contributed by atoms with Gasteiger partial charge in [-0.2, -0.15) is 0 Å². The maximum absolute atomic E-state index is 12.6. The summed E-state index contributed by atoms with van der Waals surface area (Å²) in [6, 6.07) is 7.41. The van der Waals surface area contributed by atoms with Crippen LogP contribution in [0.3, 0.4) is 0 Å². The summed E-state index contributed by atoms with van der Waals surface area (Å²) in [6.07, 6.45) is 2.76. The lowest BCUT2D eigenvalue weighted by atomic mass is 9.77. The van der Waals surface area contributed by atoms with E-state index in [1.54, 1.807) is 26.1 Å². The van der Waals surface area contributed by atoms with Gasteiger partial charge < -0.3 is 10.1 Å². The summed E-state index contributed by atoms with van der Waals surface area (Å²) >= 11 is 0. The van der Waals surface area contributed by atoms with Crippen LogP contribution in [0, 0.1) is 24.7 Å². The zero-order valence-electron chi connectivity index (χ0n) is 21.3. The number of ketones is 1. The standard InChI is InChI=1S/C27H39N3O3/c1-9-16(3)18(5)25(30-27-28-14-13-17(4)29-27)24-15-22(26(32)33-10-2)11-12-23(24)20(7)19(6)21(8)31/h11-16,18-20,25H,9-10H2,1-8H3,(H,28,29,30). The molecule has 6 heteroatoms. The molecule has 2 aromatic rings. The van der Waals surface area contributed by atoms with Gasteiger partial charge in [0.15, 0.2) is 0 Å². The predicted molar refractivity (Wildman–Crippen MR) is 132 cm³/mol. The van der Waals surface area contributed by atoms with Crippen molar-refractivity contribution in [2.45, 2.75) is 73.8 Å². The number of carbonyl (C=O) groups excluding carboxylic acids is 2. The summed E-state index contributed by atoms with van der Waals surface area (Å²) < 4.78 is 5.27. The summed E-state index contributed by atoms with van der Waals surface area (Å²) in [5.74, 6) is 0.813. The normalized spacial score (nSPS) is 15.8. The first-order valence-electron chi connectivity index (χ1n) is 12.0. The van der Waals surface area contributed by atoms with Crippen LogP contribution in [0.2, 0.25) is 0 Å². The molecule has 0 aliphatic heterocycles. The number of aryl methyl sites for hydroxylation is 1. The Morgan fingerprint density at radius 2 is 1.76 bits per heavy atom. The molecule has 0 saturated heterocycles. The van der Waals surface area contributed by atoms with Gasteiger partial charge in [-0.1, -0.05) is 47.1 Å². The minimum atomic E-state index is -0.348. The maximum atomic E-state index is 12.6. The molecule has 0 aliphatic carbocycles. The molecule has 0 radical (unpaired) electrons. The fourth-order valence-corrected chi connectivity index (χ4v) is 4.07. The number of hydrogen-bond donors (Lipinski definition) is 1. The Balaban J connectivity index is 2.68. The van der Waals surface area contributed by atoms with Crippen molar-refractivity contribution < 1.29 is 14.3 Å². The molecule has 6 nitrogen and oxygen atoms in total. The van der Waals surface area contributed by atoms with Gasteiger partial charge in [0.25, 0.3) is 0 Å². The number of hydrogen-bond acceptors (Lipinski definition) is 6. The van der Waals surface area contributed by atoms with Gasteiger partial charge in [0.05, 0.1) is 18.2 Å². The highest BCUT2D eigenvalue weighted by atomic mass is 16.5. The molecule has 5 unspecified atom stereocenters. The number of benzene rings is 1. The third-order valence-electron chi connectivity index (χ3n) is 6.96. The van der Waals surface area contributed by atoms with Crippen LogP contribution in [-0.4, -0.2) is 28.3 Å². The van der Waals surface area contributed by atoms with Gasteiger partial charge in [0.1, 0.15) is 5.78 Å². The zero-order valence-corrected chi connectivity index (χ0v) is 21.3. The highest BCUT2D eigenvalue weighted by Gasteiger charge is 2.30. The highest BCUT2D eigenvalue weighted by molar-refractivity contribution is 5.90. The van der Waals surface area contributed by atoms with Crippen LogP contribution in [0.25, 0.3) is 0 Å². The Morgan fingerprint density at radius 3 is 2.33 bits per heavy atom. The van der Waals surface area contributed by atoms with E-state index in [0.29, 0.717) is 24.0 Å². The van der Waals surface area contributed by atoms with E-state index in [1.165, 1.54) is 0 Å². The summed E-state index contributed by atoms with van der Waals surface area (Å²) in [5, 5.41) is 3.55. The second-order valence-corrected chi connectivity index (χ2v) is 9.14. The van der Waals surface area contributed by atoms with Gasteiger partial charge in [-0.05, 0) is 67.9 Å². The number of nitrogens with one attached hydrogen (secondary N) is 1. The third-order valence-corrected chi connectivity index (χ3v) is 6.96. The minimum absolute atomic E-state index is 0.0133. The molecule has 1 N–H and O–H groups in total. The smallest absolute Gasteiger partial charge is 0.338 e. The van der Waals surface area contributed by atoms with E-state index in [9.17, 15) is 9.59 Å². The minimum Gasteiger partial charge on any atom is -0.462 e. The first kappa shape index (κ1) is 26.5. The lowest BCUT2D eigenvalue weighted by Crippen LogP contribution is -2.27. The van der Waals surface area contributed by atoms with Crippen LogP contribution in [0.4, 0.5) is 5.95 Å². The molecule has 0 amide bonds. The Hall–Kier alpha value is -2.76. The van der Waals surface area contributed by atoms with Crippen LogP contribution < -0.4 is 5.32 Å². The summed E-state index contributed by atoms with van der Waals surface area (Å²) in [4.78, 5) is 33.8. The van der Waals surface area contributed by atoms with Gasteiger partial charge in [-0.15, -0.1) is 0 Å². The van der Waals surface area contributed by atoms with E-state index in [2.05, 4.69) is 43.0 Å². The second-order valence-electron chi connectivity index (χ2n) is 9.14. The summed E-state index contributed by atoms with van der Waals surface area (Å²) in [6.45, 7) is 16.3. The number of Topliss-reactive ketones (excluding diaryl/α,β-unsaturated/α-hetero) is 1. The van der Waals surface area contributed by atoms with E-state index in [-0.39, 0.29) is 35.5 Å². The predicted octanol–water partition coefficient (Wildman–Crippen LogP) is 6.13. The molecule has 0 fully saturated rings. The van der Waals surface area contributed by atoms with Crippen LogP contribution in [0.5, 0.6) is 0 Å². The molecule has 2 rings (SSSR count). The molecule has 33 heavy (non-hydrogen) atoms. The fraction of sp³-hybridized carbons (Fsp3) is 0.556. The SMILES string of the molecule is CCOC(=O)c1ccc(C(C)C(C)C(C)=O)c(C(Nc2nccc(C)n2)C(C)C(C)CC)c1. The average molecular weight is 454 g/mol. The fourth-order valence-electron chi connectivity index (χ4n) is 4.07. The Morgan fingerprint density at radius 1 is 1.06 bits per heavy atom. The summed E-state index contributed by atoms with van der Waals surface area (Å²) in [5.41, 5.74) is 3.42. The van der Waals surface area contributed by atoms with Gasteiger partial charge in [-0.25, -0.2) is 14.8 Å². The van der Waals surface area contributed by atoms with Crippen molar-refractivity contribution in [3.05, 3.63) is 52.8 Å². The number of esters is 1. The molecule has 0 saturated carbocycles. The van der Waals surface area contributed by atoms with Crippen molar-refractivity contribution in [1.29, 1.82) is 0 Å². The molecule has 1 heterocycles. The quantitative estimate of drug-likeness (QED) is 0.412. The molecule has 1 aromatic heterocycles. The second kappa shape index (κ2) is 11.9. The topological polar surface area (TPSA) is 81.2 Å². The van der Waals surface area contributed by atoms with Crippen molar-refractivity contribution in [3.8, 4) is 0 Å². The van der Waals surface area contributed by atoms with Crippen molar-refractivity contribution in [2.24, 2.45) is 17.8 Å². The van der Waals surface area contributed by atoms with Crippen LogP contribution in [0.1, 0.15) is 94.0 Å². The van der Waals surface area contributed by atoms with E-state index >= 15 is 0 Å². The molecule has 180 valence electrons. The molecular weight excluding hydrogens is 414 g/mol. The monoisotopic (exact) mass is 453 g/mol. The first-order chi connectivity index (χ1) is 15.6. The van der Waals surface area contributed by atoms with E-state index in [0.717, 1.165) is 23.2 Å². The van der Waals surface area contributed by atoms with Crippen LogP contribution in [0.15, 0.2) is 30.5 Å². The molecular formula is C27H39N3O3. The van der Waals surface area contributed by atoms with Crippen molar-refractivity contribution in [2.75, 3.05) is 11.9 Å². The van der Waals surface area contributed by atoms with Gasteiger partial charge in [0.2, 0.25) is 5.95 Å². The number of aromatic nitrogens is 2. The number of ether oxygens (including phenoxy) is 1.